The van der Waals surface area contributed by atoms with Crippen LogP contribution in [0, 0.1) is 17.7 Å². The van der Waals surface area contributed by atoms with E-state index >= 15 is 0 Å². The van der Waals surface area contributed by atoms with Gasteiger partial charge in [-0.1, -0.05) is 26.7 Å². The van der Waals surface area contributed by atoms with E-state index in [1.165, 1.54) is 25.3 Å². The van der Waals surface area contributed by atoms with Gasteiger partial charge in [0.2, 0.25) is 0 Å². The largest absolute Gasteiger partial charge is 0.378 e. The molecular formula is C17H26BrFN2. The van der Waals surface area contributed by atoms with Gasteiger partial charge in [-0.2, -0.15) is 0 Å². The predicted octanol–water partition coefficient (Wildman–Crippen LogP) is 4.93. The maximum atomic E-state index is 13.4. The Balaban J connectivity index is 2.12. The lowest BCUT2D eigenvalue weighted by molar-refractivity contribution is 0.332. The van der Waals surface area contributed by atoms with Gasteiger partial charge in [-0.3, -0.25) is 0 Å². The van der Waals surface area contributed by atoms with Crippen LogP contribution in [0.25, 0.3) is 0 Å². The molecule has 0 amide bonds. The van der Waals surface area contributed by atoms with E-state index in [1.54, 1.807) is 12.1 Å². The third-order valence-electron chi connectivity index (χ3n) is 4.89. The van der Waals surface area contributed by atoms with Crippen molar-refractivity contribution in [1.82, 2.24) is 0 Å². The van der Waals surface area contributed by atoms with Crippen molar-refractivity contribution >= 4 is 21.6 Å². The summed E-state index contributed by atoms with van der Waals surface area (Å²) in [4.78, 5) is 0. The molecule has 118 valence electrons. The van der Waals surface area contributed by atoms with Crippen LogP contribution in [0.3, 0.4) is 0 Å². The molecule has 1 aromatic rings. The first-order valence-corrected chi connectivity index (χ1v) is 8.68. The Kier molecular flexibility index (Phi) is 5.67. The molecule has 21 heavy (non-hydrogen) atoms. The molecule has 2 atom stereocenters. The van der Waals surface area contributed by atoms with Crippen molar-refractivity contribution in [2.24, 2.45) is 17.6 Å². The van der Waals surface area contributed by atoms with Crippen LogP contribution in [0.4, 0.5) is 10.1 Å². The van der Waals surface area contributed by atoms with Crippen LogP contribution < -0.4 is 11.1 Å². The summed E-state index contributed by atoms with van der Waals surface area (Å²) in [5.74, 6) is 1.29. The lowest BCUT2D eigenvalue weighted by Crippen LogP contribution is -2.45. The second-order valence-corrected chi connectivity index (χ2v) is 7.53. The van der Waals surface area contributed by atoms with E-state index in [0.29, 0.717) is 11.0 Å². The summed E-state index contributed by atoms with van der Waals surface area (Å²) in [5, 5.41) is 3.59. The van der Waals surface area contributed by atoms with E-state index in [0.717, 1.165) is 30.4 Å². The van der Waals surface area contributed by atoms with Gasteiger partial charge in [0.15, 0.2) is 0 Å². The van der Waals surface area contributed by atoms with E-state index in [2.05, 4.69) is 35.1 Å². The summed E-state index contributed by atoms with van der Waals surface area (Å²) in [6.07, 6.45) is 5.87. The molecule has 2 unspecified atom stereocenters. The molecular weight excluding hydrogens is 331 g/mol. The third-order valence-corrected chi connectivity index (χ3v) is 5.49. The van der Waals surface area contributed by atoms with Gasteiger partial charge in [0.1, 0.15) is 5.82 Å². The average Bonchev–Trinajstić information content (AvgIpc) is 2.66. The number of hydrogen-bond donors (Lipinski definition) is 2. The molecule has 1 aliphatic carbocycles. The molecule has 0 radical (unpaired) electrons. The van der Waals surface area contributed by atoms with Crippen LogP contribution in [0.5, 0.6) is 0 Å². The van der Waals surface area contributed by atoms with Crippen LogP contribution >= 0.6 is 15.9 Å². The van der Waals surface area contributed by atoms with Crippen LogP contribution in [0.2, 0.25) is 0 Å². The molecule has 1 saturated carbocycles. The number of halogens is 2. The number of benzene rings is 1. The highest BCUT2D eigenvalue weighted by Crippen LogP contribution is 2.36. The summed E-state index contributed by atoms with van der Waals surface area (Å²) in [6.45, 7) is 5.24. The van der Waals surface area contributed by atoms with Gasteiger partial charge in [-0.05, 0) is 65.2 Å². The number of hydrogen-bond acceptors (Lipinski definition) is 2. The Labute approximate surface area is 135 Å². The van der Waals surface area contributed by atoms with Gasteiger partial charge in [0.05, 0.1) is 4.47 Å². The Morgan fingerprint density at radius 3 is 2.76 bits per heavy atom. The standard InChI is InChI=1S/C17H26BrFN2/c1-12(2)13-4-3-8-17(11-20,9-7-13)21-14-5-6-16(19)15(18)10-14/h5-6,10,12-13,21H,3-4,7-9,11,20H2,1-2H3. The molecule has 2 rings (SSSR count). The first-order valence-electron chi connectivity index (χ1n) is 7.89. The zero-order chi connectivity index (χ0) is 15.5. The fourth-order valence-electron chi connectivity index (χ4n) is 3.36. The quantitative estimate of drug-likeness (QED) is 0.750. The third kappa shape index (κ3) is 4.19. The maximum absolute atomic E-state index is 13.4. The zero-order valence-electron chi connectivity index (χ0n) is 13.0. The lowest BCUT2D eigenvalue weighted by atomic mass is 9.86. The molecule has 0 spiro atoms. The summed E-state index contributed by atoms with van der Waals surface area (Å²) in [6, 6.07) is 5.09. The van der Waals surface area contributed by atoms with Crippen molar-refractivity contribution in [2.45, 2.75) is 51.5 Å². The van der Waals surface area contributed by atoms with Crippen molar-refractivity contribution in [3.05, 3.63) is 28.5 Å². The molecule has 0 aromatic heterocycles. The topological polar surface area (TPSA) is 38.0 Å². The summed E-state index contributed by atoms with van der Waals surface area (Å²) < 4.78 is 13.9. The predicted molar refractivity (Wildman–Crippen MR) is 90.9 cm³/mol. The Hall–Kier alpha value is -0.610. The number of rotatable bonds is 4. The van der Waals surface area contributed by atoms with Crippen LogP contribution in [-0.2, 0) is 0 Å². The molecule has 0 bridgehead atoms. The zero-order valence-corrected chi connectivity index (χ0v) is 14.5. The first kappa shape index (κ1) is 16.8. The Morgan fingerprint density at radius 1 is 1.38 bits per heavy atom. The molecule has 0 saturated heterocycles. The minimum Gasteiger partial charge on any atom is -0.378 e. The fraction of sp³-hybridized carbons (Fsp3) is 0.647. The van der Waals surface area contributed by atoms with Gasteiger partial charge in [-0.15, -0.1) is 0 Å². The molecule has 0 heterocycles. The van der Waals surface area contributed by atoms with E-state index in [1.807, 2.05) is 0 Å². The maximum Gasteiger partial charge on any atom is 0.137 e. The SMILES string of the molecule is CC(C)C1CCCC(CN)(Nc2ccc(F)c(Br)c2)CC1. The first-order chi connectivity index (χ1) is 9.96. The molecule has 1 aromatic carbocycles. The fourth-order valence-corrected chi connectivity index (χ4v) is 3.74. The Bertz CT molecular complexity index is 478. The average molecular weight is 357 g/mol. The van der Waals surface area contributed by atoms with Crippen molar-refractivity contribution in [3.8, 4) is 0 Å². The monoisotopic (exact) mass is 356 g/mol. The highest BCUT2D eigenvalue weighted by molar-refractivity contribution is 9.10. The second kappa shape index (κ2) is 7.10. The van der Waals surface area contributed by atoms with E-state index < -0.39 is 0 Å². The number of nitrogens with one attached hydrogen (secondary N) is 1. The number of anilines is 1. The minimum atomic E-state index is -0.233. The summed E-state index contributed by atoms with van der Waals surface area (Å²) in [5.41, 5.74) is 6.98. The normalized spacial score (nSPS) is 26.7. The van der Waals surface area contributed by atoms with Gasteiger partial charge in [0, 0.05) is 17.8 Å². The molecule has 1 aliphatic rings. The number of nitrogens with two attached hydrogens (primary N) is 1. The van der Waals surface area contributed by atoms with E-state index in [-0.39, 0.29) is 11.4 Å². The van der Waals surface area contributed by atoms with Crippen LogP contribution in [0.15, 0.2) is 22.7 Å². The Morgan fingerprint density at radius 2 is 2.14 bits per heavy atom. The highest BCUT2D eigenvalue weighted by Gasteiger charge is 2.32. The van der Waals surface area contributed by atoms with Crippen molar-refractivity contribution in [2.75, 3.05) is 11.9 Å². The van der Waals surface area contributed by atoms with E-state index in [9.17, 15) is 4.39 Å². The second-order valence-electron chi connectivity index (χ2n) is 6.67. The van der Waals surface area contributed by atoms with Crippen molar-refractivity contribution < 1.29 is 4.39 Å². The highest BCUT2D eigenvalue weighted by atomic mass is 79.9. The van der Waals surface area contributed by atoms with Crippen molar-refractivity contribution in [1.29, 1.82) is 0 Å². The molecule has 4 heteroatoms. The smallest absolute Gasteiger partial charge is 0.137 e. The summed E-state index contributed by atoms with van der Waals surface area (Å²) in [7, 11) is 0. The van der Waals surface area contributed by atoms with Gasteiger partial charge in [0.25, 0.3) is 0 Å². The van der Waals surface area contributed by atoms with Gasteiger partial charge < -0.3 is 11.1 Å². The summed E-state index contributed by atoms with van der Waals surface area (Å²) >= 11 is 3.25. The molecule has 0 aliphatic heterocycles. The van der Waals surface area contributed by atoms with E-state index in [4.69, 9.17) is 5.73 Å². The lowest BCUT2D eigenvalue weighted by Gasteiger charge is -2.34. The van der Waals surface area contributed by atoms with Gasteiger partial charge >= 0.3 is 0 Å². The van der Waals surface area contributed by atoms with Crippen molar-refractivity contribution in [3.63, 3.8) is 0 Å². The molecule has 2 nitrogen and oxygen atoms in total. The van der Waals surface area contributed by atoms with Crippen LogP contribution in [-0.4, -0.2) is 12.1 Å². The van der Waals surface area contributed by atoms with Gasteiger partial charge in [-0.25, -0.2) is 4.39 Å². The minimum absolute atomic E-state index is 0.0547. The molecule has 3 N–H and O–H groups in total. The molecule has 1 fully saturated rings. The van der Waals surface area contributed by atoms with Crippen LogP contribution in [0.1, 0.15) is 46.0 Å².